The summed E-state index contributed by atoms with van der Waals surface area (Å²) in [6.07, 6.45) is 4.31. The number of hydrogen-bond donors (Lipinski definition) is 3. The van der Waals surface area contributed by atoms with Gasteiger partial charge in [-0.1, -0.05) is 100 Å². The minimum absolute atomic E-state index is 0. The molecule has 5 fully saturated rings. The Morgan fingerprint density at radius 3 is 1.61 bits per heavy atom. The molecule has 0 radical (unpaired) electrons. The molecule has 0 bridgehead atoms. The molecule has 2 saturated carbocycles. The monoisotopic (exact) mass is 1250 g/mol. The van der Waals surface area contributed by atoms with Gasteiger partial charge in [0, 0.05) is 89.4 Å². The molecule has 2 aliphatic carbocycles. The molecule has 5 aromatic rings. The van der Waals surface area contributed by atoms with Gasteiger partial charge in [-0.2, -0.15) is 0 Å². The maximum Gasteiger partial charge on any atom is 1.00 e. The van der Waals surface area contributed by atoms with Gasteiger partial charge in [0.15, 0.2) is 0 Å². The summed E-state index contributed by atoms with van der Waals surface area (Å²) in [4.78, 5) is 90.0. The van der Waals surface area contributed by atoms with Crippen LogP contribution in [-0.4, -0.2) is 105 Å². The molecule has 10 rings (SSSR count). The number of anilines is 2. The summed E-state index contributed by atoms with van der Waals surface area (Å²) in [5.74, 6) is -10.4. The Morgan fingerprint density at radius 1 is 0.683 bits per heavy atom. The minimum atomic E-state index is -2.88. The first kappa shape index (κ1) is 64.0. The van der Waals surface area contributed by atoms with Crippen LogP contribution >= 0.6 is 39.1 Å². The fourth-order valence-electron chi connectivity index (χ4n) is 10.4. The topological polar surface area (TPSA) is 164 Å². The van der Waals surface area contributed by atoms with Crippen LogP contribution in [-0.2, 0) is 35.3 Å². The van der Waals surface area contributed by atoms with Gasteiger partial charge in [-0.25, -0.2) is 26.3 Å². The number of amides is 6. The smallest absolute Gasteiger partial charge is 1.00 e. The molecule has 0 spiro atoms. The van der Waals surface area contributed by atoms with Gasteiger partial charge in [-0.3, -0.25) is 48.5 Å². The number of nitrogens with zero attached hydrogens (tertiary/aromatic N) is 5. The summed E-state index contributed by atoms with van der Waals surface area (Å²) >= 11 is 16.3. The predicted molar refractivity (Wildman–Crippen MR) is 298 cm³/mol. The summed E-state index contributed by atoms with van der Waals surface area (Å²) in [7, 11) is 0. The standard InChI is InChI=1S/C29H26ClF3N4O3.C23H21ClF3N3O3.C6H12BrN.Na.H/c30-23-10-2-1-9-22(23)26(27(39)35-20-15-29(32,33)16-20)37(21-8-5-6-18(31)14-21)28(40)24-11-12-25(38)36(24)17-19-7-3-4-13-34-19;24-17-7-2-1-6-16(17)20(21(32)28-14-11-23(26,27)12-14)30(15-5-3-4-13(25)10-15)22(33)18-8-9-19(31)29-18;7-6-8-4-2-1-3-5-8;;/h1-10,13-14,20,24,26H,11-12,15-17H2,(H,35,39);1-7,10,14,18,20H,8-9,11-12H2,(H,28,32)(H,29,31);1-6H2;;/q;;;+1;-1/t24-,26?;18-,20?;;;/m00.../s1. The molecule has 24 heteroatoms. The van der Waals surface area contributed by atoms with Crippen molar-refractivity contribution < 1.29 is 86.1 Å². The van der Waals surface area contributed by atoms with E-state index in [0.29, 0.717) is 5.69 Å². The van der Waals surface area contributed by atoms with E-state index in [1.165, 1.54) is 91.8 Å². The molecule has 4 heterocycles. The van der Waals surface area contributed by atoms with Crippen LogP contribution in [0.15, 0.2) is 121 Å². The molecular weight excluding hydrogens is 1190 g/mol. The van der Waals surface area contributed by atoms with Crippen LogP contribution in [0.25, 0.3) is 0 Å². The molecular formula is C58H60BrCl2F6N8NaO6. The molecule has 6 amide bonds. The number of carbonyl (C=O) groups excluding carboxylic acids is 6. The average Bonchev–Trinajstić information content (AvgIpc) is 3.45. The van der Waals surface area contributed by atoms with Crippen LogP contribution in [0.4, 0.5) is 37.7 Å². The van der Waals surface area contributed by atoms with Crippen molar-refractivity contribution in [1.82, 2.24) is 30.7 Å². The van der Waals surface area contributed by atoms with Crippen molar-refractivity contribution in [3.63, 3.8) is 0 Å². The summed E-state index contributed by atoms with van der Waals surface area (Å²) in [5.41, 5.74) is 2.23. The third-order valence-electron chi connectivity index (χ3n) is 14.5. The first-order valence-corrected chi connectivity index (χ1v) is 28.4. The number of nitrogens with one attached hydrogen (secondary N) is 3. The first-order chi connectivity index (χ1) is 38.7. The maximum atomic E-state index is 14.5. The Labute approximate surface area is 512 Å². The van der Waals surface area contributed by atoms with Crippen molar-refractivity contribution in [3.05, 3.63) is 160 Å². The van der Waals surface area contributed by atoms with E-state index in [-0.39, 0.29) is 108 Å². The number of piperidine rings is 1. The summed E-state index contributed by atoms with van der Waals surface area (Å²) in [6, 6.07) is 21.9. The van der Waals surface area contributed by atoms with Crippen molar-refractivity contribution in [1.29, 1.82) is 0 Å². The van der Waals surface area contributed by atoms with Crippen molar-refractivity contribution >= 4 is 85.9 Å². The van der Waals surface area contributed by atoms with Gasteiger partial charge in [0.25, 0.3) is 23.7 Å². The molecule has 1 aromatic heterocycles. The van der Waals surface area contributed by atoms with Crippen LogP contribution < -0.4 is 55.3 Å². The Hall–Kier alpha value is -5.55. The third-order valence-corrected chi connectivity index (χ3v) is 15.9. The quantitative estimate of drug-likeness (QED) is 0.0415. The molecule has 3 aliphatic heterocycles. The number of hydrogen-bond acceptors (Lipinski definition) is 8. The van der Waals surface area contributed by atoms with Crippen molar-refractivity contribution in [2.24, 2.45) is 0 Å². The van der Waals surface area contributed by atoms with Gasteiger partial charge in [0.2, 0.25) is 23.6 Å². The van der Waals surface area contributed by atoms with Crippen molar-refractivity contribution in [2.45, 2.75) is 125 Å². The third kappa shape index (κ3) is 16.4. The Kier molecular flexibility index (Phi) is 22.5. The van der Waals surface area contributed by atoms with Crippen molar-refractivity contribution in [3.8, 4) is 0 Å². The molecule has 3 saturated heterocycles. The number of likely N-dealkylation sites (tertiary alicyclic amines) is 2. The predicted octanol–water partition coefficient (Wildman–Crippen LogP) is 7.74. The van der Waals surface area contributed by atoms with E-state index in [9.17, 15) is 55.1 Å². The number of benzene rings is 4. The zero-order chi connectivity index (χ0) is 58.0. The minimum Gasteiger partial charge on any atom is -1.00 e. The number of pyridine rings is 1. The number of rotatable bonds is 15. The molecule has 82 heavy (non-hydrogen) atoms. The Bertz CT molecular complexity index is 3070. The summed E-state index contributed by atoms with van der Waals surface area (Å²) in [5, 5.41) is 8.06. The number of aromatic nitrogens is 1. The molecule has 4 atom stereocenters. The van der Waals surface area contributed by atoms with E-state index < -0.39 is 109 Å². The molecule has 5 aliphatic rings. The molecule has 14 nitrogen and oxygen atoms in total. The van der Waals surface area contributed by atoms with Crippen LogP contribution in [0.3, 0.4) is 0 Å². The fourth-order valence-corrected chi connectivity index (χ4v) is 11.4. The van der Waals surface area contributed by atoms with Gasteiger partial charge in [0.1, 0.15) is 35.8 Å². The molecule has 432 valence electrons. The normalized spacial score (nSPS) is 19.9. The SMILES string of the molecule is BrCN1CCCCC1.O=C(NC1CC(F)(F)C1)C(c1ccccc1Cl)N(C(=O)[C@@H]1CCC(=O)N1Cc1ccccn1)c1cccc(F)c1.O=C1CC[C@@H](C(=O)N(c2cccc(F)c2)C(C(=O)NC2CC(F)(F)C2)c2ccccc2Cl)N1.[H-].[Na+]. The summed E-state index contributed by atoms with van der Waals surface area (Å²) in [6.45, 7) is 2.66. The largest absolute Gasteiger partial charge is 1.00 e. The Balaban J connectivity index is 0.000000233. The Morgan fingerprint density at radius 2 is 1.18 bits per heavy atom. The van der Waals surface area contributed by atoms with E-state index in [0.717, 1.165) is 27.4 Å². The molecule has 3 N–H and O–H groups in total. The first-order valence-electron chi connectivity index (χ1n) is 26.5. The van der Waals surface area contributed by atoms with Crippen LogP contribution in [0.5, 0.6) is 0 Å². The van der Waals surface area contributed by atoms with Crippen LogP contribution in [0.2, 0.25) is 10.0 Å². The van der Waals surface area contributed by atoms with Crippen molar-refractivity contribution in [2.75, 3.05) is 28.3 Å². The van der Waals surface area contributed by atoms with Gasteiger partial charge in [-0.05, 0) is 99.4 Å². The second-order valence-corrected chi connectivity index (χ2v) is 21.8. The van der Waals surface area contributed by atoms with Crippen LogP contribution in [0, 0.1) is 11.6 Å². The summed E-state index contributed by atoms with van der Waals surface area (Å²) < 4.78 is 82.4. The zero-order valence-electron chi connectivity index (χ0n) is 45.7. The van der Waals surface area contributed by atoms with Gasteiger partial charge < -0.3 is 22.3 Å². The number of carbonyl (C=O) groups is 6. The van der Waals surface area contributed by atoms with E-state index in [1.807, 2.05) is 0 Å². The van der Waals surface area contributed by atoms with E-state index >= 15 is 0 Å². The van der Waals surface area contributed by atoms with Gasteiger partial charge >= 0.3 is 29.6 Å². The van der Waals surface area contributed by atoms with E-state index in [2.05, 4.69) is 41.8 Å². The number of alkyl halides is 5. The number of halogens is 9. The maximum absolute atomic E-state index is 14.5. The second kappa shape index (κ2) is 28.8. The van der Waals surface area contributed by atoms with E-state index in [4.69, 9.17) is 23.2 Å². The fraction of sp³-hybridized carbons (Fsp3) is 0.397. The second-order valence-electron chi connectivity index (χ2n) is 20.5. The van der Waals surface area contributed by atoms with Crippen LogP contribution in [0.1, 0.15) is 101 Å². The molecule has 2 unspecified atom stereocenters. The average molecular weight is 1250 g/mol. The van der Waals surface area contributed by atoms with Gasteiger partial charge in [0.05, 0.1) is 17.7 Å². The zero-order valence-corrected chi connectivity index (χ0v) is 49.8. The van der Waals surface area contributed by atoms with Gasteiger partial charge in [-0.15, -0.1) is 0 Å². The molecule has 4 aromatic carbocycles. The van der Waals surface area contributed by atoms with E-state index in [1.54, 1.807) is 54.7 Å².